The molecule has 0 amide bonds. The fourth-order valence-electron chi connectivity index (χ4n) is 3.19. The molecule has 27 heavy (non-hydrogen) atoms. The van der Waals surface area contributed by atoms with Crippen LogP contribution in [0.25, 0.3) is 0 Å². The molecule has 4 rings (SSSR count). The molecular weight excluding hydrogens is 386 g/mol. The summed E-state index contributed by atoms with van der Waals surface area (Å²) < 4.78 is 0. The predicted octanol–water partition coefficient (Wildman–Crippen LogP) is 2.61. The van der Waals surface area contributed by atoms with Crippen molar-refractivity contribution in [1.82, 2.24) is 15.0 Å². The maximum Gasteiger partial charge on any atom is 0.222 e. The average Bonchev–Trinajstić information content (AvgIpc) is 3.30. The van der Waals surface area contributed by atoms with E-state index in [9.17, 15) is 10.2 Å². The van der Waals surface area contributed by atoms with E-state index in [1.807, 2.05) is 23.1 Å². The maximum atomic E-state index is 11.1. The zero-order valence-electron chi connectivity index (χ0n) is 14.6. The van der Waals surface area contributed by atoms with Crippen LogP contribution in [0.5, 0.6) is 0 Å². The number of hydrogen-bond donors (Lipinski definition) is 3. The van der Waals surface area contributed by atoms with Gasteiger partial charge in [0.05, 0.1) is 18.5 Å². The van der Waals surface area contributed by atoms with Crippen molar-refractivity contribution in [2.45, 2.75) is 25.6 Å². The van der Waals surface area contributed by atoms with Gasteiger partial charge < -0.3 is 20.8 Å². The first kappa shape index (κ1) is 18.1. The molecular formula is C18H18ClN5O2S. The molecule has 1 unspecified atom stereocenters. The number of anilines is 3. The molecule has 3 aromatic rings. The van der Waals surface area contributed by atoms with Gasteiger partial charge in [-0.15, -0.1) is 11.3 Å². The Kier molecular flexibility index (Phi) is 4.51. The largest absolute Gasteiger partial charge is 0.390 e. The van der Waals surface area contributed by atoms with E-state index in [-0.39, 0.29) is 12.6 Å². The number of aliphatic hydroxyl groups excluding tert-OH is 1. The van der Waals surface area contributed by atoms with Crippen molar-refractivity contribution in [2.75, 3.05) is 17.2 Å². The van der Waals surface area contributed by atoms with E-state index in [0.717, 1.165) is 17.7 Å². The normalized spacial score (nSPS) is 15.6. The highest BCUT2D eigenvalue weighted by Gasteiger charge is 2.32. The van der Waals surface area contributed by atoms with Crippen LogP contribution in [0.2, 0.25) is 5.02 Å². The van der Waals surface area contributed by atoms with E-state index in [4.69, 9.17) is 17.3 Å². The number of benzene rings is 1. The van der Waals surface area contributed by atoms with Gasteiger partial charge in [-0.2, -0.15) is 4.98 Å². The molecule has 0 fully saturated rings. The molecule has 0 saturated carbocycles. The molecule has 0 radical (unpaired) electrons. The van der Waals surface area contributed by atoms with Crippen molar-refractivity contribution in [3.63, 3.8) is 0 Å². The molecule has 1 aliphatic heterocycles. The number of fused-ring (bicyclic) bond motifs is 1. The fourth-order valence-corrected chi connectivity index (χ4v) is 4.27. The van der Waals surface area contributed by atoms with Gasteiger partial charge in [-0.05, 0) is 30.5 Å². The Labute approximate surface area is 165 Å². The van der Waals surface area contributed by atoms with Gasteiger partial charge >= 0.3 is 0 Å². The summed E-state index contributed by atoms with van der Waals surface area (Å²) >= 11 is 7.60. The molecule has 9 heteroatoms. The fraction of sp³-hybridized carbons (Fsp3) is 0.278. The van der Waals surface area contributed by atoms with Gasteiger partial charge in [0.1, 0.15) is 15.6 Å². The Morgan fingerprint density at radius 1 is 1.37 bits per heavy atom. The van der Waals surface area contributed by atoms with Gasteiger partial charge in [0.25, 0.3) is 0 Å². The van der Waals surface area contributed by atoms with Crippen molar-refractivity contribution in [2.24, 2.45) is 0 Å². The molecule has 1 aromatic carbocycles. The first-order valence-electron chi connectivity index (χ1n) is 8.37. The topological polar surface area (TPSA) is 108 Å². The number of halogens is 1. The van der Waals surface area contributed by atoms with Crippen molar-refractivity contribution >= 4 is 40.4 Å². The highest BCUT2D eigenvalue weighted by atomic mass is 35.5. The van der Waals surface area contributed by atoms with Crippen LogP contribution in [0.1, 0.15) is 28.8 Å². The first-order chi connectivity index (χ1) is 12.9. The maximum absolute atomic E-state index is 11.1. The van der Waals surface area contributed by atoms with Crippen molar-refractivity contribution < 1.29 is 10.2 Å². The lowest BCUT2D eigenvalue weighted by atomic mass is 9.94. The summed E-state index contributed by atoms with van der Waals surface area (Å²) in [6.45, 7) is 2.25. The molecule has 4 N–H and O–H groups in total. The van der Waals surface area contributed by atoms with Crippen molar-refractivity contribution in [1.29, 1.82) is 0 Å². The van der Waals surface area contributed by atoms with Crippen LogP contribution in [-0.2, 0) is 18.6 Å². The third-order valence-electron chi connectivity index (χ3n) is 4.67. The van der Waals surface area contributed by atoms with Crippen LogP contribution in [0, 0.1) is 0 Å². The Balaban J connectivity index is 1.76. The molecule has 1 aliphatic rings. The van der Waals surface area contributed by atoms with Gasteiger partial charge in [-0.25, -0.2) is 9.97 Å². The molecule has 3 heterocycles. The minimum absolute atomic E-state index is 0.155. The number of thiazole rings is 1. The number of rotatable bonds is 4. The van der Waals surface area contributed by atoms with E-state index in [1.54, 1.807) is 12.3 Å². The third kappa shape index (κ3) is 3.14. The van der Waals surface area contributed by atoms with Gasteiger partial charge in [0.2, 0.25) is 5.95 Å². The smallest absolute Gasteiger partial charge is 0.222 e. The Hall–Kier alpha value is -2.26. The summed E-state index contributed by atoms with van der Waals surface area (Å²) in [5.41, 5.74) is 7.75. The molecule has 7 nitrogen and oxygen atoms in total. The molecule has 0 aliphatic carbocycles. The number of nitrogens with two attached hydrogens (primary N) is 1. The third-order valence-corrected chi connectivity index (χ3v) is 6.04. The Bertz CT molecular complexity index is 1010. The van der Waals surface area contributed by atoms with Crippen LogP contribution in [-0.4, -0.2) is 31.7 Å². The van der Waals surface area contributed by atoms with Crippen LogP contribution in [0.15, 0.2) is 29.8 Å². The second kappa shape index (κ2) is 6.72. The zero-order chi connectivity index (χ0) is 19.2. The van der Waals surface area contributed by atoms with E-state index >= 15 is 0 Å². The molecule has 1 atom stereocenters. The van der Waals surface area contributed by atoms with Gasteiger partial charge in [-0.1, -0.05) is 23.7 Å². The first-order valence-corrected chi connectivity index (χ1v) is 9.63. The van der Waals surface area contributed by atoms with E-state index in [1.165, 1.54) is 17.5 Å². The van der Waals surface area contributed by atoms with Crippen LogP contribution >= 0.6 is 22.9 Å². The van der Waals surface area contributed by atoms with Crippen LogP contribution in [0.4, 0.5) is 17.5 Å². The Morgan fingerprint density at radius 2 is 2.19 bits per heavy atom. The summed E-state index contributed by atoms with van der Waals surface area (Å²) in [6.07, 6.45) is 2.33. The minimum Gasteiger partial charge on any atom is -0.390 e. The highest BCUT2D eigenvalue weighted by molar-refractivity contribution is 7.09. The predicted molar refractivity (Wildman–Crippen MR) is 105 cm³/mol. The summed E-state index contributed by atoms with van der Waals surface area (Å²) in [5.74, 6) is 0.710. The molecule has 0 spiro atoms. The van der Waals surface area contributed by atoms with E-state index < -0.39 is 5.60 Å². The summed E-state index contributed by atoms with van der Waals surface area (Å²) in [7, 11) is 0. The molecule has 140 valence electrons. The van der Waals surface area contributed by atoms with Crippen molar-refractivity contribution in [3.05, 3.63) is 56.6 Å². The van der Waals surface area contributed by atoms with Gasteiger partial charge in [-0.3, -0.25) is 0 Å². The SMILES string of the molecule is CC(O)(c1ccc2c(c1)N(c1nc(N)ncc1Cl)CC2)c1nc(CO)cs1. The number of nitrogen functional groups attached to an aromatic ring is 1. The minimum atomic E-state index is -1.28. The number of aromatic nitrogens is 3. The second-order valence-electron chi connectivity index (χ2n) is 6.52. The molecule has 0 saturated heterocycles. The van der Waals surface area contributed by atoms with E-state index in [2.05, 4.69) is 15.0 Å². The van der Waals surface area contributed by atoms with Crippen LogP contribution in [0.3, 0.4) is 0 Å². The average molecular weight is 404 g/mol. The highest BCUT2D eigenvalue weighted by Crippen LogP contribution is 2.40. The lowest BCUT2D eigenvalue weighted by molar-refractivity contribution is 0.101. The monoisotopic (exact) mass is 403 g/mol. The van der Waals surface area contributed by atoms with Gasteiger partial charge in [0.15, 0.2) is 5.82 Å². The number of aliphatic hydroxyl groups is 2. The quantitative estimate of drug-likeness (QED) is 0.614. The Morgan fingerprint density at radius 3 is 2.93 bits per heavy atom. The van der Waals surface area contributed by atoms with Crippen molar-refractivity contribution in [3.8, 4) is 0 Å². The zero-order valence-corrected chi connectivity index (χ0v) is 16.1. The lowest BCUT2D eigenvalue weighted by Gasteiger charge is -2.24. The van der Waals surface area contributed by atoms with Crippen LogP contribution < -0.4 is 10.6 Å². The molecule has 2 aromatic heterocycles. The second-order valence-corrected chi connectivity index (χ2v) is 7.78. The van der Waals surface area contributed by atoms with E-state index in [0.29, 0.717) is 33.7 Å². The number of nitrogens with zero attached hydrogens (tertiary/aromatic N) is 4. The summed E-state index contributed by atoms with van der Waals surface area (Å²) in [5, 5.41) is 23.1. The summed E-state index contributed by atoms with van der Waals surface area (Å²) in [4.78, 5) is 14.5. The number of hydrogen-bond acceptors (Lipinski definition) is 8. The summed E-state index contributed by atoms with van der Waals surface area (Å²) in [6, 6.07) is 5.83. The molecule has 0 bridgehead atoms. The van der Waals surface area contributed by atoms with Gasteiger partial charge in [0, 0.05) is 17.6 Å². The standard InChI is InChI=1S/C18H18ClN5O2S/c1-18(26,16-22-12(8-25)9-27-16)11-3-2-10-4-5-24(14(10)6-11)15-13(19)7-21-17(20)23-15/h2-3,6-7,9,25-26H,4-5,8H2,1H3,(H2,20,21,23). The lowest BCUT2D eigenvalue weighted by Crippen LogP contribution is -2.23.